The van der Waals surface area contributed by atoms with E-state index in [-0.39, 0.29) is 385 Å². The summed E-state index contributed by atoms with van der Waals surface area (Å²) in [6, 6.07) is 0. The summed E-state index contributed by atoms with van der Waals surface area (Å²) in [4.78, 5) is 3.12. The Morgan fingerprint density at radius 1 is 0.462 bits per heavy atom. The van der Waals surface area contributed by atoms with Crippen molar-refractivity contribution in [1.82, 2.24) is 20.4 Å². The molecule has 5 nitrogen and oxygen atoms in total. The van der Waals surface area contributed by atoms with Crippen LogP contribution in [0.25, 0.3) is 0 Å². The second-order valence-electron chi connectivity index (χ2n) is 3.81. The number of halogens is 1. The molecule has 0 saturated carbocycles. The molecule has 0 aliphatic carbocycles. The van der Waals surface area contributed by atoms with Crippen LogP contribution in [0.5, 0.6) is 0 Å². The molecule has 0 heterocycles. The van der Waals surface area contributed by atoms with Gasteiger partial charge in [0.1, 0.15) is 0 Å². The first-order valence-corrected chi connectivity index (χ1v) is 10.5. The van der Waals surface area contributed by atoms with E-state index in [1.807, 2.05) is 34.6 Å². The number of nitrogens with zero attached hydrogens (tertiary/aromatic N) is 2. The summed E-state index contributed by atoms with van der Waals surface area (Å²) < 4.78 is 0. The van der Waals surface area contributed by atoms with Crippen molar-refractivity contribution in [3.8, 4) is 0 Å². The first kappa shape index (κ1) is 253. The molecule has 0 atom stereocenters. The van der Waals surface area contributed by atoms with Crippen molar-refractivity contribution in [2.45, 2.75) is 120 Å². The van der Waals surface area contributed by atoms with E-state index in [4.69, 9.17) is 5.73 Å². The van der Waals surface area contributed by atoms with Crippen LogP contribution in [0.3, 0.4) is 0 Å². The maximum Gasteiger partial charge on any atom is 0 e. The fourth-order valence-electron chi connectivity index (χ4n) is 0. The predicted molar refractivity (Wildman–Crippen MR) is 205 cm³/mol. The summed E-state index contributed by atoms with van der Waals surface area (Å²) in [7, 11) is 25.1. The fourth-order valence-corrected chi connectivity index (χ4v) is 0. The molecule has 0 spiro atoms. The quantitative estimate of drug-likeness (QED) is 0.190. The molecule has 0 bridgehead atoms. The van der Waals surface area contributed by atoms with Gasteiger partial charge in [-0.05, 0) is 13.1 Å². The Morgan fingerprint density at radius 3 is 0.500 bits per heavy atom. The molecule has 0 unspecified atom stereocenters. The minimum absolute atomic E-state index is 0. The molecule has 0 aliphatic heterocycles. The van der Waals surface area contributed by atoms with Gasteiger partial charge in [-0.25, -0.2) is 0 Å². The first-order chi connectivity index (χ1) is 14.2. The van der Waals surface area contributed by atoms with E-state index in [1.165, 1.54) is 11.3 Å². The Hall–Kier alpha value is 10.9. The maximum atomic E-state index is 4.85. The third kappa shape index (κ3) is 1140. The normalized spacial score (nSPS) is 3.69. The fraction of sp³-hybridized carbons (Fsp3) is 0.677. The minimum atomic E-state index is 0. The van der Waals surface area contributed by atoms with Gasteiger partial charge < -0.3 is 89.2 Å². The van der Waals surface area contributed by atoms with E-state index in [0.29, 0.717) is 0 Å². The van der Waals surface area contributed by atoms with Gasteiger partial charge in [-0.3, -0.25) is 7.05 Å². The topological polar surface area (TPSA) is 56.6 Å². The van der Waals surface area contributed by atoms with Crippen LogP contribution in [0, 0.1) is 70.1 Å². The summed E-state index contributed by atoms with van der Waals surface area (Å²) in [5, 5.41) is 4.93. The van der Waals surface area contributed by atoms with E-state index in [9.17, 15) is 0 Å². The predicted octanol–water partition coefficient (Wildman–Crippen LogP) is 11.3. The van der Waals surface area contributed by atoms with Crippen LogP contribution in [-0.4, -0.2) is 36.5 Å². The van der Waals surface area contributed by atoms with Gasteiger partial charge >= 0.3 is 0 Å². The zero-order valence-electron chi connectivity index (χ0n) is 29.9. The van der Waals surface area contributed by atoms with E-state index in [0.717, 1.165) is 19.6 Å². The standard InChI is InChI=1S/C4H9N.C3H7N.C3H8N.C3H8.C2H5N.C2H7N.C2H6.3C2H5.6CH4.HI.15W/c1-4-5(2)3;1-4(2)3;1-3-4-2;2*1-3-2;1-2-3;4*1-2;;;;;;;;;;;;;;;;;;;;;;/h2-4H2,1H3;1-2H2,3H3;4H,2-3H2,1H3;3H2,1-2H3;3H,1-2H2;2-3H2,1H3;1-2H3;3*1H2,2H3;6*1H4;1H;;;;;;;;;;;;;;;/q2*-2;-1;;-2;;;3*-1;;;;;;;;;;;;;;;;;;;;;;. The summed E-state index contributed by atoms with van der Waals surface area (Å²) in [6.07, 6.45) is 1.25. The Kier molecular flexibility index (Phi) is 2130. The second-order valence-corrected chi connectivity index (χ2v) is 3.81. The second kappa shape index (κ2) is 439. The molecule has 0 saturated heterocycles. The van der Waals surface area contributed by atoms with Crippen molar-refractivity contribution in [2.24, 2.45) is 5.73 Å². The molecule has 0 aromatic heterocycles. The Morgan fingerprint density at radius 2 is 0.500 bits per heavy atom. The number of nitrogens with two attached hydrogens (primary N) is 1. The molecule has 0 radical (unpaired) electrons. The van der Waals surface area contributed by atoms with E-state index in [1.54, 1.807) is 32.7 Å². The summed E-state index contributed by atoms with van der Waals surface area (Å²) in [5.41, 5.74) is 4.85. The van der Waals surface area contributed by atoms with Gasteiger partial charge in [-0.2, -0.15) is 20.8 Å². The van der Waals surface area contributed by atoms with Crippen LogP contribution in [0.4, 0.5) is 0 Å². The van der Waals surface area contributed by atoms with E-state index in [2.05, 4.69) is 94.6 Å². The van der Waals surface area contributed by atoms with Gasteiger partial charge in [0.25, 0.3) is 0 Å². The average Bonchev–Trinajstić information content (AvgIpc) is 2.75. The molecule has 0 aromatic carbocycles. The van der Waals surface area contributed by atoms with Crippen molar-refractivity contribution < 1.29 is 316 Å². The summed E-state index contributed by atoms with van der Waals surface area (Å²) in [5.74, 6) is 0. The number of hydrogen-bond acceptors (Lipinski definition) is 5. The van der Waals surface area contributed by atoms with Gasteiger partial charge in [0.15, 0.2) is 0 Å². The number of hydrogen-bond donors (Lipinski definition) is 3. The van der Waals surface area contributed by atoms with Crippen molar-refractivity contribution in [3.63, 3.8) is 0 Å². The molecule has 0 aliphatic rings. The first-order valence-electron chi connectivity index (χ1n) is 10.5. The Balaban J connectivity index is -0.00000000275. The van der Waals surface area contributed by atoms with Crippen LogP contribution < -0.4 is 16.4 Å². The molecule has 0 amide bonds. The van der Waals surface area contributed by atoms with Crippen molar-refractivity contribution >= 4 is 24.0 Å². The molecule has 346 valence electrons. The molecular formula is C31H90IN5W15-10. The van der Waals surface area contributed by atoms with E-state index >= 15 is 0 Å². The molecule has 52 heavy (non-hydrogen) atoms. The summed E-state index contributed by atoms with van der Waals surface area (Å²) >= 11 is 0. The minimum Gasteiger partial charge on any atom is -0.623 e. The van der Waals surface area contributed by atoms with Gasteiger partial charge in [0.05, 0.1) is 0 Å². The average molecular weight is 3420 g/mol. The smallest absolute Gasteiger partial charge is 0 e. The number of rotatable bonds is 2. The van der Waals surface area contributed by atoms with Gasteiger partial charge in [-0.1, -0.05) is 113 Å². The molecule has 0 rings (SSSR count). The molecular weight excluding hydrogens is 3330 g/mol. The number of nitrogens with one attached hydrogen (secondary N) is 2. The van der Waals surface area contributed by atoms with Gasteiger partial charge in [-0.15, -0.1) is 24.0 Å². The molecule has 0 fully saturated rings. The van der Waals surface area contributed by atoms with Crippen molar-refractivity contribution in [1.29, 1.82) is 0 Å². The molecule has 0 aromatic rings. The van der Waals surface area contributed by atoms with Gasteiger partial charge in [0, 0.05) is 316 Å². The largest absolute Gasteiger partial charge is 0.623 e. The summed E-state index contributed by atoms with van der Waals surface area (Å²) in [6.45, 7) is 31.8. The van der Waals surface area contributed by atoms with E-state index < -0.39 is 0 Å². The maximum absolute atomic E-state index is 4.85. The third-order valence-electron chi connectivity index (χ3n) is 0.697. The monoisotopic (exact) mass is 3420 g/mol. The van der Waals surface area contributed by atoms with Crippen molar-refractivity contribution in [2.75, 3.05) is 26.7 Å². The van der Waals surface area contributed by atoms with Crippen LogP contribution in [0.2, 0.25) is 0 Å². The van der Waals surface area contributed by atoms with Crippen LogP contribution in [0.15, 0.2) is 0 Å². The zero-order chi connectivity index (χ0) is 27.4. The Bertz CT molecular complexity index is 145. The zero-order valence-corrected chi connectivity index (χ0v) is 76.2. The van der Waals surface area contributed by atoms with Crippen LogP contribution in [0.1, 0.15) is 120 Å². The molecule has 21 heteroatoms. The molecule has 4 N–H and O–H groups in total. The Labute approximate surface area is 572 Å². The van der Waals surface area contributed by atoms with Gasteiger partial charge in [0.2, 0.25) is 0 Å². The SMILES string of the molecule is C.C.C.C.C.C.CC.CCC.CCN.I.[CH2-]C.[CH2-]C.[CH2-]C.[CH2-]N([CH2-])C.[CH2-]N([CH2-])CC.[CH2-]NCC.[CH2-]N[CH2-].[W].[W].[W].[W].[W].[W].[W].[W].[W].[W].[W].[W].[W].[W].[W]. The van der Waals surface area contributed by atoms with Crippen molar-refractivity contribution in [3.05, 3.63) is 70.1 Å². The third-order valence-corrected chi connectivity index (χ3v) is 0.697. The van der Waals surface area contributed by atoms with Crippen LogP contribution >= 0.6 is 24.0 Å². The van der Waals surface area contributed by atoms with Crippen LogP contribution in [-0.2, 0) is 316 Å².